The normalized spacial score (nSPS) is 20.3. The topological polar surface area (TPSA) is 9.23 Å². The molecule has 68 valence electrons. The zero-order valence-electron chi connectivity index (χ0n) is 8.37. The van der Waals surface area contributed by atoms with E-state index in [1.165, 1.54) is 0 Å². The Bertz CT molecular complexity index is 187. The Morgan fingerprint density at radius 3 is 2.50 bits per heavy atom. The Labute approximate surface area is 75.4 Å². The summed E-state index contributed by atoms with van der Waals surface area (Å²) in [6.45, 7) is 6.13. The highest BCUT2D eigenvalue weighted by atomic mass is 16.5. The Morgan fingerprint density at radius 1 is 1.25 bits per heavy atom. The van der Waals surface area contributed by atoms with Crippen LogP contribution in [0.1, 0.15) is 20.8 Å². The first-order valence-electron chi connectivity index (χ1n) is 4.43. The Hall–Kier alpha value is -0.980. The maximum Gasteiger partial charge on any atom is 0.115 e. The summed E-state index contributed by atoms with van der Waals surface area (Å²) < 4.78 is 5.08. The Morgan fingerprint density at radius 2 is 1.92 bits per heavy atom. The molecule has 1 aliphatic carbocycles. The van der Waals surface area contributed by atoms with Crippen LogP contribution in [0.4, 0.5) is 0 Å². The molecule has 1 nitrogen and oxygen atoms in total. The lowest BCUT2D eigenvalue weighted by molar-refractivity contribution is 0.304. The Balaban J connectivity index is 0.000000561. The van der Waals surface area contributed by atoms with Crippen LogP contribution in [0, 0.1) is 5.92 Å². The van der Waals surface area contributed by atoms with Crippen LogP contribution in [0.3, 0.4) is 0 Å². The average Bonchev–Trinajstić information content (AvgIpc) is 2.33. The molecule has 1 unspecified atom stereocenters. The summed E-state index contributed by atoms with van der Waals surface area (Å²) in [7, 11) is 1.69. The fraction of sp³-hybridized carbons (Fsp3) is 0.455. The molecule has 1 heteroatoms. The molecule has 1 atom stereocenters. The number of ether oxygens (including phenoxy) is 1. The monoisotopic (exact) mass is 166 g/mol. The van der Waals surface area contributed by atoms with Crippen molar-refractivity contribution in [2.24, 2.45) is 5.92 Å². The van der Waals surface area contributed by atoms with Crippen LogP contribution in [0.2, 0.25) is 0 Å². The molecule has 0 amide bonds. The van der Waals surface area contributed by atoms with Crippen LogP contribution in [-0.2, 0) is 4.74 Å². The second-order valence-corrected chi connectivity index (χ2v) is 2.38. The minimum absolute atomic E-state index is 0.477. The van der Waals surface area contributed by atoms with Gasteiger partial charge in [0.1, 0.15) is 5.76 Å². The molecule has 0 aromatic carbocycles. The number of allylic oxidation sites excluding steroid dienone is 5. The van der Waals surface area contributed by atoms with E-state index in [0.717, 1.165) is 5.76 Å². The quantitative estimate of drug-likeness (QED) is 0.580. The smallest absolute Gasteiger partial charge is 0.115 e. The lowest BCUT2D eigenvalue weighted by atomic mass is 10.1. The average molecular weight is 166 g/mol. The molecule has 1 rings (SSSR count). The van der Waals surface area contributed by atoms with Crippen LogP contribution in [0.25, 0.3) is 0 Å². The summed E-state index contributed by atoms with van der Waals surface area (Å²) in [5.74, 6) is 1.42. The van der Waals surface area contributed by atoms with Crippen molar-refractivity contribution < 1.29 is 4.74 Å². The van der Waals surface area contributed by atoms with Gasteiger partial charge in [0, 0.05) is 0 Å². The summed E-state index contributed by atoms with van der Waals surface area (Å²) in [4.78, 5) is 0. The molecule has 1 aliphatic rings. The first-order valence-corrected chi connectivity index (χ1v) is 4.43. The molecule has 0 aromatic heterocycles. The van der Waals surface area contributed by atoms with E-state index in [9.17, 15) is 0 Å². The van der Waals surface area contributed by atoms with Gasteiger partial charge in [0.05, 0.1) is 7.11 Å². The second kappa shape index (κ2) is 6.71. The summed E-state index contributed by atoms with van der Waals surface area (Å²) in [5.41, 5.74) is 0. The van der Waals surface area contributed by atoms with E-state index in [0.29, 0.717) is 5.92 Å². The summed E-state index contributed by atoms with van der Waals surface area (Å²) >= 11 is 0. The minimum atomic E-state index is 0.477. The second-order valence-electron chi connectivity index (χ2n) is 2.38. The van der Waals surface area contributed by atoms with Crippen LogP contribution in [0.5, 0.6) is 0 Å². The lowest BCUT2D eigenvalue weighted by Gasteiger charge is -2.00. The molecule has 12 heavy (non-hydrogen) atoms. The predicted molar refractivity (Wildman–Crippen MR) is 53.9 cm³/mol. The van der Waals surface area contributed by atoms with Crippen molar-refractivity contribution in [3.8, 4) is 0 Å². The van der Waals surface area contributed by atoms with E-state index in [-0.39, 0.29) is 0 Å². The van der Waals surface area contributed by atoms with Crippen LogP contribution >= 0.6 is 0 Å². The fourth-order valence-corrected chi connectivity index (χ4v) is 0.896. The molecule has 0 aromatic rings. The van der Waals surface area contributed by atoms with Gasteiger partial charge in [-0.25, -0.2) is 0 Å². The van der Waals surface area contributed by atoms with Gasteiger partial charge in [-0.15, -0.1) is 0 Å². The van der Waals surface area contributed by atoms with Crippen molar-refractivity contribution in [3.05, 3.63) is 36.1 Å². The molecule has 0 bridgehead atoms. The molecule has 0 saturated carbocycles. The van der Waals surface area contributed by atoms with E-state index >= 15 is 0 Å². The van der Waals surface area contributed by atoms with Gasteiger partial charge in [0.15, 0.2) is 0 Å². The molecule has 0 heterocycles. The van der Waals surface area contributed by atoms with Gasteiger partial charge >= 0.3 is 0 Å². The predicted octanol–water partition coefficient (Wildman–Crippen LogP) is 3.31. The molecule has 0 radical (unpaired) electrons. The molecule has 0 spiro atoms. The van der Waals surface area contributed by atoms with Crippen molar-refractivity contribution >= 4 is 0 Å². The van der Waals surface area contributed by atoms with E-state index in [2.05, 4.69) is 19.1 Å². The van der Waals surface area contributed by atoms with E-state index in [1.54, 1.807) is 7.11 Å². The highest BCUT2D eigenvalue weighted by Gasteiger charge is 1.96. The number of hydrogen-bond acceptors (Lipinski definition) is 1. The van der Waals surface area contributed by atoms with Crippen molar-refractivity contribution in [2.45, 2.75) is 20.8 Å². The van der Waals surface area contributed by atoms with Gasteiger partial charge in [-0.05, 0) is 18.1 Å². The number of methoxy groups -OCH3 is 1. The first-order chi connectivity index (χ1) is 5.83. The van der Waals surface area contributed by atoms with Crippen molar-refractivity contribution in [3.63, 3.8) is 0 Å². The Kier molecular flexibility index (Phi) is 6.16. The summed E-state index contributed by atoms with van der Waals surface area (Å²) in [5, 5.41) is 0. The lowest BCUT2D eigenvalue weighted by Crippen LogP contribution is -1.86. The van der Waals surface area contributed by atoms with Gasteiger partial charge in [-0.2, -0.15) is 0 Å². The highest BCUT2D eigenvalue weighted by molar-refractivity contribution is 5.23. The molecule has 0 N–H and O–H groups in total. The van der Waals surface area contributed by atoms with Crippen molar-refractivity contribution in [1.82, 2.24) is 0 Å². The van der Waals surface area contributed by atoms with Crippen LogP contribution in [-0.4, -0.2) is 7.11 Å². The molecule has 0 saturated heterocycles. The minimum Gasteiger partial charge on any atom is -0.497 e. The van der Waals surface area contributed by atoms with E-state index < -0.39 is 0 Å². The third kappa shape index (κ3) is 4.02. The fourth-order valence-electron chi connectivity index (χ4n) is 0.896. The van der Waals surface area contributed by atoms with E-state index in [4.69, 9.17) is 4.74 Å². The van der Waals surface area contributed by atoms with Crippen LogP contribution in [0.15, 0.2) is 36.1 Å². The van der Waals surface area contributed by atoms with E-state index in [1.807, 2.05) is 32.1 Å². The molecule has 0 fully saturated rings. The highest BCUT2D eigenvalue weighted by Crippen LogP contribution is 2.10. The standard InChI is InChI=1S/C9H12O.C2H6/c1-8-5-3-4-6-9(7-8)10-2;1-2/h3-8H,1-2H3;1-2H3. The van der Waals surface area contributed by atoms with Crippen molar-refractivity contribution in [2.75, 3.05) is 7.11 Å². The van der Waals surface area contributed by atoms with Crippen molar-refractivity contribution in [1.29, 1.82) is 0 Å². The molecular formula is C11H18O. The molecule has 0 aliphatic heterocycles. The molecular weight excluding hydrogens is 148 g/mol. The summed E-state index contributed by atoms with van der Waals surface area (Å²) in [6, 6.07) is 0. The third-order valence-electron chi connectivity index (χ3n) is 1.45. The SMILES string of the molecule is CC.COC1=CC(C)C=CC=C1. The van der Waals surface area contributed by atoms with Gasteiger partial charge in [0.2, 0.25) is 0 Å². The number of rotatable bonds is 1. The van der Waals surface area contributed by atoms with Gasteiger partial charge in [-0.1, -0.05) is 39.0 Å². The maximum atomic E-state index is 5.08. The van der Waals surface area contributed by atoms with Crippen LogP contribution < -0.4 is 0 Å². The summed E-state index contributed by atoms with van der Waals surface area (Å²) in [6.07, 6.45) is 10.2. The van der Waals surface area contributed by atoms with Gasteiger partial charge in [0.25, 0.3) is 0 Å². The number of hydrogen-bond donors (Lipinski definition) is 0. The largest absolute Gasteiger partial charge is 0.497 e. The third-order valence-corrected chi connectivity index (χ3v) is 1.45. The van der Waals surface area contributed by atoms with Gasteiger partial charge < -0.3 is 4.74 Å². The zero-order valence-corrected chi connectivity index (χ0v) is 8.37. The maximum absolute atomic E-state index is 5.08. The zero-order chi connectivity index (χ0) is 9.40. The van der Waals surface area contributed by atoms with Gasteiger partial charge in [-0.3, -0.25) is 0 Å². The first kappa shape index (κ1) is 11.0.